The van der Waals surface area contributed by atoms with Crippen LogP contribution < -0.4 is 0 Å². The zero-order valence-electron chi connectivity index (χ0n) is 11.5. The van der Waals surface area contributed by atoms with Crippen LogP contribution in [0.1, 0.15) is 16.7 Å². The van der Waals surface area contributed by atoms with E-state index in [1.54, 1.807) is 38.3 Å². The molecule has 6 heteroatoms. The summed E-state index contributed by atoms with van der Waals surface area (Å²) in [6.07, 6.45) is 1.59. The van der Waals surface area contributed by atoms with Gasteiger partial charge in [-0.3, -0.25) is 15.1 Å². The molecule has 2 aromatic rings. The van der Waals surface area contributed by atoms with Crippen LogP contribution >= 0.6 is 11.6 Å². The number of benzene rings is 2. The highest BCUT2D eigenvalue weighted by Crippen LogP contribution is 2.29. The van der Waals surface area contributed by atoms with Gasteiger partial charge in [-0.05, 0) is 54.8 Å². The second kappa shape index (κ2) is 5.93. The maximum atomic E-state index is 10.8. The Balaban J connectivity index is 2.34. The number of phenols is 1. The molecule has 5 nitrogen and oxygen atoms in total. The fourth-order valence-electron chi connectivity index (χ4n) is 1.93. The Labute approximate surface area is 126 Å². The molecule has 0 saturated carbocycles. The lowest BCUT2D eigenvalue weighted by Crippen LogP contribution is -1.89. The first kappa shape index (κ1) is 15.0. The SMILES string of the molecule is Cc1cc(C=Nc2ccc(Cl)c([N+](=O)[O-])c2)cc(C)c1O. The van der Waals surface area contributed by atoms with Crippen LogP contribution in [-0.4, -0.2) is 16.2 Å². The maximum Gasteiger partial charge on any atom is 0.290 e. The van der Waals surface area contributed by atoms with Crippen molar-refractivity contribution in [3.05, 3.63) is 62.2 Å². The lowest BCUT2D eigenvalue weighted by Gasteiger charge is -2.04. The fourth-order valence-corrected chi connectivity index (χ4v) is 2.12. The number of hydrogen-bond acceptors (Lipinski definition) is 4. The first-order chi connectivity index (χ1) is 9.88. The number of aryl methyl sites for hydroxylation is 2. The third-order valence-corrected chi connectivity index (χ3v) is 3.32. The molecular formula is C15H13ClN2O3. The molecule has 0 saturated heterocycles. The van der Waals surface area contributed by atoms with Gasteiger partial charge in [0.05, 0.1) is 10.6 Å². The Kier molecular flexibility index (Phi) is 4.23. The summed E-state index contributed by atoms with van der Waals surface area (Å²) in [6, 6.07) is 7.94. The first-order valence-corrected chi connectivity index (χ1v) is 6.54. The minimum Gasteiger partial charge on any atom is -0.507 e. The van der Waals surface area contributed by atoms with Crippen LogP contribution in [0.4, 0.5) is 11.4 Å². The van der Waals surface area contributed by atoms with E-state index in [4.69, 9.17) is 11.6 Å². The molecule has 0 heterocycles. The molecule has 108 valence electrons. The van der Waals surface area contributed by atoms with E-state index in [0.29, 0.717) is 5.69 Å². The molecule has 21 heavy (non-hydrogen) atoms. The Morgan fingerprint density at radius 2 is 1.86 bits per heavy atom. The summed E-state index contributed by atoms with van der Waals surface area (Å²) in [4.78, 5) is 14.5. The van der Waals surface area contributed by atoms with Crippen molar-refractivity contribution in [1.29, 1.82) is 0 Å². The van der Waals surface area contributed by atoms with Gasteiger partial charge in [-0.1, -0.05) is 11.6 Å². The molecule has 0 spiro atoms. The van der Waals surface area contributed by atoms with E-state index in [0.717, 1.165) is 16.7 Å². The van der Waals surface area contributed by atoms with Gasteiger partial charge in [-0.25, -0.2) is 0 Å². The summed E-state index contributed by atoms with van der Waals surface area (Å²) in [5, 5.41) is 20.6. The summed E-state index contributed by atoms with van der Waals surface area (Å²) in [6.45, 7) is 3.60. The van der Waals surface area contributed by atoms with Crippen molar-refractivity contribution in [3.63, 3.8) is 0 Å². The Hall–Kier alpha value is -2.40. The van der Waals surface area contributed by atoms with Crippen molar-refractivity contribution in [2.75, 3.05) is 0 Å². The van der Waals surface area contributed by atoms with Crippen LogP contribution in [0.2, 0.25) is 5.02 Å². The zero-order chi connectivity index (χ0) is 15.6. The second-order valence-electron chi connectivity index (χ2n) is 4.65. The average Bonchev–Trinajstić information content (AvgIpc) is 2.43. The molecule has 0 fully saturated rings. The van der Waals surface area contributed by atoms with E-state index >= 15 is 0 Å². The number of aromatic hydroxyl groups is 1. The third kappa shape index (κ3) is 3.38. The van der Waals surface area contributed by atoms with E-state index in [1.165, 1.54) is 12.1 Å². The van der Waals surface area contributed by atoms with Crippen LogP contribution in [0.15, 0.2) is 35.3 Å². The third-order valence-electron chi connectivity index (χ3n) is 3.00. The maximum absolute atomic E-state index is 10.8. The van der Waals surface area contributed by atoms with Gasteiger partial charge < -0.3 is 5.11 Å². The largest absolute Gasteiger partial charge is 0.507 e. The molecule has 0 amide bonds. The number of rotatable bonds is 3. The van der Waals surface area contributed by atoms with Gasteiger partial charge in [-0.15, -0.1) is 0 Å². The van der Waals surface area contributed by atoms with Crippen molar-refractivity contribution in [1.82, 2.24) is 0 Å². The normalized spacial score (nSPS) is 11.0. The Morgan fingerprint density at radius 3 is 2.43 bits per heavy atom. The lowest BCUT2D eigenvalue weighted by atomic mass is 10.1. The summed E-state index contributed by atoms with van der Waals surface area (Å²) in [7, 11) is 0. The molecule has 1 N–H and O–H groups in total. The summed E-state index contributed by atoms with van der Waals surface area (Å²) < 4.78 is 0. The van der Waals surface area contributed by atoms with Crippen LogP contribution in [0.5, 0.6) is 5.75 Å². The number of nitrogens with zero attached hydrogens (tertiary/aromatic N) is 2. The summed E-state index contributed by atoms with van der Waals surface area (Å²) in [5.74, 6) is 0.259. The molecule has 0 atom stereocenters. The predicted octanol–water partition coefficient (Wildman–Crippen LogP) is 4.32. The van der Waals surface area contributed by atoms with Crippen molar-refractivity contribution < 1.29 is 10.0 Å². The van der Waals surface area contributed by atoms with Crippen molar-refractivity contribution in [2.24, 2.45) is 4.99 Å². The fraction of sp³-hybridized carbons (Fsp3) is 0.133. The van der Waals surface area contributed by atoms with Crippen LogP contribution in [0.3, 0.4) is 0 Å². The first-order valence-electron chi connectivity index (χ1n) is 6.16. The Bertz CT molecular complexity index is 719. The highest BCUT2D eigenvalue weighted by molar-refractivity contribution is 6.32. The summed E-state index contributed by atoms with van der Waals surface area (Å²) >= 11 is 5.75. The van der Waals surface area contributed by atoms with Gasteiger partial charge in [0, 0.05) is 12.3 Å². The van der Waals surface area contributed by atoms with E-state index in [1.807, 2.05) is 0 Å². The average molecular weight is 305 g/mol. The van der Waals surface area contributed by atoms with Gasteiger partial charge in [0.15, 0.2) is 0 Å². The number of aliphatic imine (C=N–C) groups is 1. The van der Waals surface area contributed by atoms with Crippen LogP contribution in [-0.2, 0) is 0 Å². The minimum absolute atomic E-state index is 0.0790. The number of nitro groups is 1. The highest BCUT2D eigenvalue weighted by atomic mass is 35.5. The van der Waals surface area contributed by atoms with Gasteiger partial charge in [0.25, 0.3) is 5.69 Å². The van der Waals surface area contributed by atoms with Crippen molar-refractivity contribution in [3.8, 4) is 5.75 Å². The quantitative estimate of drug-likeness (QED) is 0.521. The second-order valence-corrected chi connectivity index (χ2v) is 5.06. The topological polar surface area (TPSA) is 75.7 Å². The predicted molar refractivity (Wildman–Crippen MR) is 82.9 cm³/mol. The van der Waals surface area contributed by atoms with Gasteiger partial charge in [0.1, 0.15) is 10.8 Å². The highest BCUT2D eigenvalue weighted by Gasteiger charge is 2.12. The number of halogens is 1. The van der Waals surface area contributed by atoms with E-state index < -0.39 is 4.92 Å². The van der Waals surface area contributed by atoms with Gasteiger partial charge in [-0.2, -0.15) is 0 Å². The standard InChI is InChI=1S/C15H13ClN2O3/c1-9-5-11(6-10(2)15(9)19)8-17-12-3-4-13(16)14(7-12)18(20)21/h3-8,19H,1-2H3. The monoisotopic (exact) mass is 304 g/mol. The smallest absolute Gasteiger partial charge is 0.290 e. The molecule has 0 radical (unpaired) electrons. The summed E-state index contributed by atoms with van der Waals surface area (Å²) in [5.41, 5.74) is 2.57. The number of hydrogen-bond donors (Lipinski definition) is 1. The molecule has 0 aliphatic rings. The molecule has 0 unspecified atom stereocenters. The molecule has 0 bridgehead atoms. The van der Waals surface area contributed by atoms with E-state index in [-0.39, 0.29) is 16.5 Å². The molecule has 2 rings (SSSR count). The van der Waals surface area contributed by atoms with E-state index in [2.05, 4.69) is 4.99 Å². The zero-order valence-corrected chi connectivity index (χ0v) is 12.3. The van der Waals surface area contributed by atoms with Crippen LogP contribution in [0, 0.1) is 24.0 Å². The van der Waals surface area contributed by atoms with Gasteiger partial charge in [0.2, 0.25) is 0 Å². The van der Waals surface area contributed by atoms with E-state index in [9.17, 15) is 15.2 Å². The molecular weight excluding hydrogens is 292 g/mol. The minimum atomic E-state index is -0.545. The number of nitro benzene ring substituents is 1. The molecule has 0 aromatic heterocycles. The lowest BCUT2D eigenvalue weighted by molar-refractivity contribution is -0.384. The number of phenolic OH excluding ortho intramolecular Hbond substituents is 1. The molecule has 2 aromatic carbocycles. The van der Waals surface area contributed by atoms with Crippen LogP contribution in [0.25, 0.3) is 0 Å². The van der Waals surface area contributed by atoms with Crippen molar-refractivity contribution in [2.45, 2.75) is 13.8 Å². The molecule has 0 aliphatic carbocycles. The molecule has 0 aliphatic heterocycles. The van der Waals surface area contributed by atoms with Crippen molar-refractivity contribution >= 4 is 29.2 Å². The Morgan fingerprint density at radius 1 is 1.24 bits per heavy atom. The van der Waals surface area contributed by atoms with Gasteiger partial charge >= 0.3 is 0 Å².